The Bertz CT molecular complexity index is 782. The molecule has 2 atom stereocenters. The van der Waals surface area contributed by atoms with Gasteiger partial charge < -0.3 is 16.0 Å². The van der Waals surface area contributed by atoms with Gasteiger partial charge in [0.1, 0.15) is 0 Å². The number of amides is 2. The maximum absolute atomic E-state index is 12.9. The van der Waals surface area contributed by atoms with Crippen LogP contribution in [0.3, 0.4) is 0 Å². The number of rotatable bonds is 5. The van der Waals surface area contributed by atoms with Crippen molar-refractivity contribution < 1.29 is 9.59 Å². The van der Waals surface area contributed by atoms with E-state index in [1.165, 1.54) is 0 Å². The lowest BCUT2D eigenvalue weighted by Gasteiger charge is -2.17. The molecule has 2 aromatic rings. The third-order valence-electron chi connectivity index (χ3n) is 4.79. The lowest BCUT2D eigenvalue weighted by atomic mass is 9.95. The van der Waals surface area contributed by atoms with Crippen molar-refractivity contribution in [3.05, 3.63) is 71.3 Å². The molecule has 3 rings (SSSR count). The van der Waals surface area contributed by atoms with Crippen molar-refractivity contribution >= 4 is 24.2 Å². The van der Waals surface area contributed by atoms with Crippen LogP contribution in [-0.2, 0) is 0 Å². The Morgan fingerprint density at radius 3 is 2.48 bits per heavy atom. The quantitative estimate of drug-likeness (QED) is 0.828. The summed E-state index contributed by atoms with van der Waals surface area (Å²) >= 11 is 0. The van der Waals surface area contributed by atoms with Crippen LogP contribution in [0.15, 0.2) is 54.6 Å². The predicted octanol–water partition coefficient (Wildman–Crippen LogP) is 2.82. The fourth-order valence-electron chi connectivity index (χ4n) is 3.36. The second-order valence-electron chi connectivity index (χ2n) is 6.73. The summed E-state index contributed by atoms with van der Waals surface area (Å²) in [7, 11) is 0. The molecule has 0 bridgehead atoms. The predicted molar refractivity (Wildman–Crippen MR) is 109 cm³/mol. The molecular formula is C21H26ClN3O2. The SMILES string of the molecule is CCCNC(=O)c1cccc(C(=O)N2C[C@@H](N)[C@H](c3ccccc3)C2)c1.Cl. The summed E-state index contributed by atoms with van der Waals surface area (Å²) in [5.74, 6) is -0.0954. The fourth-order valence-corrected chi connectivity index (χ4v) is 3.36. The molecule has 1 heterocycles. The van der Waals surface area contributed by atoms with Gasteiger partial charge in [0.25, 0.3) is 11.8 Å². The van der Waals surface area contributed by atoms with E-state index in [1.807, 2.05) is 25.1 Å². The molecule has 1 fully saturated rings. The van der Waals surface area contributed by atoms with Gasteiger partial charge in [0, 0.05) is 42.7 Å². The molecule has 27 heavy (non-hydrogen) atoms. The molecule has 0 aliphatic carbocycles. The van der Waals surface area contributed by atoms with Crippen LogP contribution in [0, 0.1) is 0 Å². The summed E-state index contributed by atoms with van der Waals surface area (Å²) < 4.78 is 0. The van der Waals surface area contributed by atoms with Crippen LogP contribution in [0.25, 0.3) is 0 Å². The Morgan fingerprint density at radius 1 is 1.07 bits per heavy atom. The highest BCUT2D eigenvalue weighted by Crippen LogP contribution is 2.27. The molecule has 0 saturated carbocycles. The van der Waals surface area contributed by atoms with Gasteiger partial charge in [-0.15, -0.1) is 12.4 Å². The van der Waals surface area contributed by atoms with Crippen molar-refractivity contribution in [2.45, 2.75) is 25.3 Å². The Balaban J connectivity index is 0.00000261. The third kappa shape index (κ3) is 4.87. The second-order valence-corrected chi connectivity index (χ2v) is 6.73. The average Bonchev–Trinajstić information content (AvgIpc) is 3.08. The summed E-state index contributed by atoms with van der Waals surface area (Å²) in [6.45, 7) is 3.73. The van der Waals surface area contributed by atoms with E-state index in [0.29, 0.717) is 30.8 Å². The maximum atomic E-state index is 12.9. The zero-order chi connectivity index (χ0) is 18.5. The molecule has 1 aliphatic rings. The van der Waals surface area contributed by atoms with Gasteiger partial charge in [-0.1, -0.05) is 43.3 Å². The first kappa shape index (κ1) is 20.9. The molecular weight excluding hydrogens is 362 g/mol. The number of carbonyl (C=O) groups excluding carboxylic acids is 2. The zero-order valence-electron chi connectivity index (χ0n) is 15.4. The average molecular weight is 388 g/mol. The van der Waals surface area contributed by atoms with Crippen LogP contribution in [0.2, 0.25) is 0 Å². The fraction of sp³-hybridized carbons (Fsp3) is 0.333. The normalized spacial score (nSPS) is 18.7. The molecule has 0 spiro atoms. The summed E-state index contributed by atoms with van der Waals surface area (Å²) in [6.07, 6.45) is 0.872. The van der Waals surface area contributed by atoms with Crippen LogP contribution in [-0.4, -0.2) is 42.4 Å². The van der Waals surface area contributed by atoms with Gasteiger partial charge in [-0.05, 0) is 30.2 Å². The van der Waals surface area contributed by atoms with E-state index in [4.69, 9.17) is 5.73 Å². The number of likely N-dealkylation sites (tertiary alicyclic amines) is 1. The van der Waals surface area contributed by atoms with E-state index < -0.39 is 0 Å². The number of hydrogen-bond acceptors (Lipinski definition) is 3. The molecule has 5 nitrogen and oxygen atoms in total. The topological polar surface area (TPSA) is 75.4 Å². The molecule has 0 aromatic heterocycles. The van der Waals surface area contributed by atoms with Crippen molar-refractivity contribution in [1.82, 2.24) is 10.2 Å². The highest BCUT2D eigenvalue weighted by Gasteiger charge is 2.34. The number of nitrogens with two attached hydrogens (primary N) is 1. The highest BCUT2D eigenvalue weighted by atomic mass is 35.5. The van der Waals surface area contributed by atoms with Crippen LogP contribution < -0.4 is 11.1 Å². The Morgan fingerprint density at radius 2 is 1.78 bits per heavy atom. The lowest BCUT2D eigenvalue weighted by Crippen LogP contribution is -2.32. The molecule has 2 aromatic carbocycles. The molecule has 1 aliphatic heterocycles. The largest absolute Gasteiger partial charge is 0.352 e. The van der Waals surface area contributed by atoms with Crippen LogP contribution in [0.4, 0.5) is 0 Å². The van der Waals surface area contributed by atoms with Gasteiger partial charge in [-0.2, -0.15) is 0 Å². The summed E-state index contributed by atoms with van der Waals surface area (Å²) in [5, 5.41) is 2.84. The summed E-state index contributed by atoms with van der Waals surface area (Å²) in [5.41, 5.74) is 8.48. The van der Waals surface area contributed by atoms with Crippen molar-refractivity contribution in [3.8, 4) is 0 Å². The van der Waals surface area contributed by atoms with Gasteiger partial charge >= 0.3 is 0 Å². The van der Waals surface area contributed by atoms with Crippen molar-refractivity contribution in [2.75, 3.05) is 19.6 Å². The number of carbonyl (C=O) groups is 2. The van der Waals surface area contributed by atoms with Crippen molar-refractivity contribution in [1.29, 1.82) is 0 Å². The van der Waals surface area contributed by atoms with E-state index in [1.54, 1.807) is 29.2 Å². The highest BCUT2D eigenvalue weighted by molar-refractivity contribution is 5.99. The zero-order valence-corrected chi connectivity index (χ0v) is 16.2. The number of nitrogens with one attached hydrogen (secondary N) is 1. The first-order valence-electron chi connectivity index (χ1n) is 9.08. The minimum Gasteiger partial charge on any atom is -0.352 e. The molecule has 1 saturated heterocycles. The third-order valence-corrected chi connectivity index (χ3v) is 4.79. The van der Waals surface area contributed by atoms with Crippen molar-refractivity contribution in [3.63, 3.8) is 0 Å². The lowest BCUT2D eigenvalue weighted by molar-refractivity contribution is 0.0789. The number of nitrogens with zero attached hydrogens (tertiary/aromatic N) is 1. The van der Waals surface area contributed by atoms with Crippen molar-refractivity contribution in [2.24, 2.45) is 5.73 Å². The molecule has 3 N–H and O–H groups in total. The van der Waals surface area contributed by atoms with E-state index in [2.05, 4.69) is 17.4 Å². The summed E-state index contributed by atoms with van der Waals surface area (Å²) in [6, 6.07) is 16.9. The van der Waals surface area contributed by atoms with Crippen LogP contribution in [0.1, 0.15) is 45.5 Å². The summed E-state index contributed by atoms with van der Waals surface area (Å²) in [4.78, 5) is 26.8. The van der Waals surface area contributed by atoms with E-state index >= 15 is 0 Å². The number of halogens is 1. The maximum Gasteiger partial charge on any atom is 0.253 e. The van der Waals surface area contributed by atoms with E-state index in [0.717, 1.165) is 12.0 Å². The van der Waals surface area contributed by atoms with Crippen LogP contribution >= 0.6 is 12.4 Å². The molecule has 0 radical (unpaired) electrons. The first-order chi connectivity index (χ1) is 12.6. The molecule has 2 amide bonds. The standard InChI is InChI=1S/C21H25N3O2.ClH/c1-2-11-23-20(25)16-9-6-10-17(12-16)21(26)24-13-18(19(22)14-24)15-7-4-3-5-8-15;/h3-10,12,18-19H,2,11,13-14,22H2,1H3,(H,23,25);1H/t18-,19+;/m0./s1. The minimum absolute atomic E-state index is 0. The minimum atomic E-state index is -0.151. The number of hydrogen-bond donors (Lipinski definition) is 2. The van der Waals surface area contributed by atoms with Gasteiger partial charge in [0.2, 0.25) is 0 Å². The van der Waals surface area contributed by atoms with E-state index in [-0.39, 0.29) is 36.2 Å². The Labute approximate surface area is 166 Å². The monoisotopic (exact) mass is 387 g/mol. The Hall–Kier alpha value is -2.37. The van der Waals surface area contributed by atoms with Gasteiger partial charge in [-0.3, -0.25) is 9.59 Å². The van der Waals surface area contributed by atoms with Crippen LogP contribution in [0.5, 0.6) is 0 Å². The molecule has 6 heteroatoms. The molecule has 144 valence electrons. The second kappa shape index (κ2) is 9.53. The smallest absolute Gasteiger partial charge is 0.253 e. The van der Waals surface area contributed by atoms with Gasteiger partial charge in [0.15, 0.2) is 0 Å². The van der Waals surface area contributed by atoms with E-state index in [9.17, 15) is 9.59 Å². The molecule has 0 unspecified atom stereocenters. The first-order valence-corrected chi connectivity index (χ1v) is 9.08. The van der Waals surface area contributed by atoms with Gasteiger partial charge in [0.05, 0.1) is 0 Å². The Kier molecular flexibility index (Phi) is 7.39. The number of benzene rings is 2. The van der Waals surface area contributed by atoms with Gasteiger partial charge in [-0.25, -0.2) is 0 Å².